The van der Waals surface area contributed by atoms with Gasteiger partial charge in [-0.2, -0.15) is 0 Å². The van der Waals surface area contributed by atoms with Crippen LogP contribution >= 0.6 is 12.6 Å². The Balaban J connectivity index is 0.000001000. The molecule has 0 spiro atoms. The van der Waals surface area contributed by atoms with Gasteiger partial charge in [-0.05, 0) is 24.3 Å². The van der Waals surface area contributed by atoms with Gasteiger partial charge in [0.15, 0.2) is 0 Å². The SMILES string of the molecule is CS(=O)c1ccc(S)cc1.[Na]. The summed E-state index contributed by atoms with van der Waals surface area (Å²) in [6.45, 7) is 0. The van der Waals surface area contributed by atoms with Crippen LogP contribution in [-0.2, 0) is 10.8 Å². The van der Waals surface area contributed by atoms with Gasteiger partial charge >= 0.3 is 0 Å². The smallest absolute Gasteiger partial charge is 0.0498 e. The third kappa shape index (κ3) is 3.76. The first-order valence-corrected chi connectivity index (χ1v) is 4.83. The summed E-state index contributed by atoms with van der Waals surface area (Å²) in [5, 5.41) is 0. The van der Waals surface area contributed by atoms with Crippen molar-refractivity contribution in [2.75, 3.05) is 6.26 Å². The van der Waals surface area contributed by atoms with Gasteiger partial charge in [0.05, 0.1) is 0 Å². The summed E-state index contributed by atoms with van der Waals surface area (Å²) >= 11 is 4.10. The molecule has 0 aliphatic rings. The summed E-state index contributed by atoms with van der Waals surface area (Å²) < 4.78 is 10.8. The Kier molecular flexibility index (Phi) is 5.73. The molecule has 0 saturated heterocycles. The van der Waals surface area contributed by atoms with E-state index in [1.54, 1.807) is 6.26 Å². The molecule has 1 radical (unpaired) electrons. The van der Waals surface area contributed by atoms with Crippen LogP contribution < -0.4 is 0 Å². The van der Waals surface area contributed by atoms with Crippen molar-refractivity contribution in [2.24, 2.45) is 0 Å². The van der Waals surface area contributed by atoms with E-state index in [4.69, 9.17) is 0 Å². The van der Waals surface area contributed by atoms with Crippen molar-refractivity contribution in [3.63, 3.8) is 0 Å². The molecule has 0 bridgehead atoms. The predicted octanol–water partition coefficient (Wildman–Crippen LogP) is 1.33. The summed E-state index contributed by atoms with van der Waals surface area (Å²) in [5.41, 5.74) is 0. The van der Waals surface area contributed by atoms with E-state index in [1.165, 1.54) is 0 Å². The maximum atomic E-state index is 10.8. The number of benzene rings is 1. The average molecular weight is 195 g/mol. The quantitative estimate of drug-likeness (QED) is 0.528. The van der Waals surface area contributed by atoms with Crippen LogP contribution in [0.5, 0.6) is 0 Å². The molecular formula is C7H8NaOS2. The summed E-state index contributed by atoms with van der Waals surface area (Å²) in [6.07, 6.45) is 1.66. The summed E-state index contributed by atoms with van der Waals surface area (Å²) in [6, 6.07) is 7.30. The van der Waals surface area contributed by atoms with Crippen molar-refractivity contribution in [3.05, 3.63) is 24.3 Å². The fourth-order valence-corrected chi connectivity index (χ4v) is 1.31. The normalized spacial score (nSPS) is 11.8. The molecule has 1 nitrogen and oxygen atoms in total. The van der Waals surface area contributed by atoms with Gasteiger partial charge in [0, 0.05) is 56.4 Å². The molecular weight excluding hydrogens is 187 g/mol. The fourth-order valence-electron chi connectivity index (χ4n) is 0.638. The van der Waals surface area contributed by atoms with Crippen LogP contribution in [0.2, 0.25) is 0 Å². The van der Waals surface area contributed by atoms with Crippen molar-refractivity contribution < 1.29 is 4.21 Å². The second-order valence-electron chi connectivity index (χ2n) is 1.95. The molecule has 1 aromatic rings. The molecule has 0 N–H and O–H groups in total. The Morgan fingerprint density at radius 3 is 2.09 bits per heavy atom. The molecule has 0 aromatic heterocycles. The second kappa shape index (κ2) is 5.38. The maximum Gasteiger partial charge on any atom is 0.0498 e. The Morgan fingerprint density at radius 2 is 1.73 bits per heavy atom. The number of thiol groups is 1. The average Bonchev–Trinajstić information content (AvgIpc) is 1.88. The summed E-state index contributed by atoms with van der Waals surface area (Å²) in [5.74, 6) is 0. The minimum absolute atomic E-state index is 0. The first-order valence-electron chi connectivity index (χ1n) is 2.82. The largest absolute Gasteiger partial charge is 0.255 e. The van der Waals surface area contributed by atoms with Gasteiger partial charge in [0.25, 0.3) is 0 Å². The molecule has 0 heterocycles. The molecule has 1 atom stereocenters. The standard InChI is InChI=1S/C7H8OS2.Na/c1-10(8)7-4-2-6(9)3-5-7;/h2-5,9H,1H3;. The van der Waals surface area contributed by atoms with Crippen LogP contribution in [0.3, 0.4) is 0 Å². The van der Waals surface area contributed by atoms with E-state index in [0.29, 0.717) is 0 Å². The zero-order chi connectivity index (χ0) is 7.56. The van der Waals surface area contributed by atoms with Gasteiger partial charge in [-0.25, -0.2) is 0 Å². The zero-order valence-corrected chi connectivity index (χ0v) is 10.3. The Morgan fingerprint density at radius 1 is 1.27 bits per heavy atom. The van der Waals surface area contributed by atoms with Crippen molar-refractivity contribution in [2.45, 2.75) is 9.79 Å². The first-order chi connectivity index (χ1) is 4.70. The van der Waals surface area contributed by atoms with Gasteiger partial charge in [-0.3, -0.25) is 4.21 Å². The maximum absolute atomic E-state index is 10.8. The van der Waals surface area contributed by atoms with E-state index >= 15 is 0 Å². The molecule has 1 unspecified atom stereocenters. The van der Waals surface area contributed by atoms with Crippen LogP contribution in [0.15, 0.2) is 34.1 Å². The van der Waals surface area contributed by atoms with Gasteiger partial charge in [0.1, 0.15) is 0 Å². The molecule has 4 heteroatoms. The van der Waals surface area contributed by atoms with E-state index in [1.807, 2.05) is 24.3 Å². The van der Waals surface area contributed by atoms with Crippen LogP contribution in [0, 0.1) is 0 Å². The molecule has 1 rings (SSSR count). The Labute approximate surface area is 96.7 Å². The van der Waals surface area contributed by atoms with Gasteiger partial charge in [-0.1, -0.05) is 0 Å². The van der Waals surface area contributed by atoms with Crippen LogP contribution in [-0.4, -0.2) is 40.0 Å². The van der Waals surface area contributed by atoms with Crippen LogP contribution in [0.1, 0.15) is 0 Å². The van der Waals surface area contributed by atoms with Crippen molar-refractivity contribution in [1.29, 1.82) is 0 Å². The van der Waals surface area contributed by atoms with Crippen molar-refractivity contribution in [3.8, 4) is 0 Å². The Bertz CT molecular complexity index is 245. The molecule has 55 valence electrons. The molecule has 1 aromatic carbocycles. The molecule has 11 heavy (non-hydrogen) atoms. The van der Waals surface area contributed by atoms with E-state index in [2.05, 4.69) is 12.6 Å². The predicted molar refractivity (Wildman–Crippen MR) is 51.8 cm³/mol. The van der Waals surface area contributed by atoms with Crippen LogP contribution in [0.4, 0.5) is 0 Å². The van der Waals surface area contributed by atoms with Gasteiger partial charge < -0.3 is 0 Å². The van der Waals surface area contributed by atoms with Crippen molar-refractivity contribution in [1.82, 2.24) is 0 Å². The summed E-state index contributed by atoms with van der Waals surface area (Å²) in [7, 11) is -0.871. The van der Waals surface area contributed by atoms with Gasteiger partial charge in [0.2, 0.25) is 0 Å². The molecule has 0 saturated carbocycles. The second-order valence-corrected chi connectivity index (χ2v) is 3.84. The summed E-state index contributed by atoms with van der Waals surface area (Å²) in [4.78, 5) is 1.74. The Hall–Kier alpha value is 0.720. The number of hydrogen-bond donors (Lipinski definition) is 1. The third-order valence-corrected chi connectivity index (χ3v) is 2.40. The van der Waals surface area contributed by atoms with E-state index in [9.17, 15) is 4.21 Å². The topological polar surface area (TPSA) is 17.1 Å². The third-order valence-electron chi connectivity index (χ3n) is 1.17. The van der Waals surface area contributed by atoms with Gasteiger partial charge in [-0.15, -0.1) is 12.6 Å². The number of rotatable bonds is 1. The first kappa shape index (κ1) is 11.7. The van der Waals surface area contributed by atoms with E-state index in [-0.39, 0.29) is 29.6 Å². The molecule has 0 aliphatic heterocycles. The van der Waals surface area contributed by atoms with Crippen LogP contribution in [0.25, 0.3) is 0 Å². The fraction of sp³-hybridized carbons (Fsp3) is 0.143. The minimum Gasteiger partial charge on any atom is -0.255 e. The molecule has 0 amide bonds. The molecule has 0 aliphatic carbocycles. The monoisotopic (exact) mass is 195 g/mol. The zero-order valence-electron chi connectivity index (χ0n) is 6.57. The van der Waals surface area contributed by atoms with E-state index < -0.39 is 10.8 Å². The minimum atomic E-state index is -0.871. The van der Waals surface area contributed by atoms with Crippen molar-refractivity contribution >= 4 is 53.0 Å². The molecule has 0 fully saturated rings. The van der Waals surface area contributed by atoms with E-state index in [0.717, 1.165) is 9.79 Å². The number of hydrogen-bond acceptors (Lipinski definition) is 2.